The quantitative estimate of drug-likeness (QED) is 0.837. The molecule has 0 spiro atoms. The van der Waals surface area contributed by atoms with Crippen LogP contribution in [-0.4, -0.2) is 23.0 Å². The van der Waals surface area contributed by atoms with Crippen molar-refractivity contribution in [2.24, 2.45) is 5.73 Å². The van der Waals surface area contributed by atoms with E-state index in [2.05, 4.69) is 6.92 Å². The van der Waals surface area contributed by atoms with Crippen LogP contribution in [0.1, 0.15) is 31.1 Å². The largest absolute Gasteiger partial charge is 0.395 e. The van der Waals surface area contributed by atoms with Gasteiger partial charge in [0, 0.05) is 21.6 Å². The van der Waals surface area contributed by atoms with E-state index in [-0.39, 0.29) is 23.1 Å². The van der Waals surface area contributed by atoms with Gasteiger partial charge in [-0.15, -0.1) is 11.8 Å². The number of halogens is 1. The van der Waals surface area contributed by atoms with Crippen molar-refractivity contribution in [1.29, 1.82) is 0 Å². The van der Waals surface area contributed by atoms with Crippen molar-refractivity contribution in [1.82, 2.24) is 0 Å². The molecule has 17 heavy (non-hydrogen) atoms. The number of benzene rings is 1. The van der Waals surface area contributed by atoms with Crippen LogP contribution < -0.4 is 5.73 Å². The maximum atomic E-state index is 9.15. The first kappa shape index (κ1) is 14.8. The van der Waals surface area contributed by atoms with Gasteiger partial charge in [-0.05, 0) is 24.1 Å². The predicted octanol–water partition coefficient (Wildman–Crippen LogP) is 3.23. The van der Waals surface area contributed by atoms with E-state index in [1.807, 2.05) is 31.2 Å². The van der Waals surface area contributed by atoms with Gasteiger partial charge in [-0.2, -0.15) is 0 Å². The van der Waals surface area contributed by atoms with Crippen molar-refractivity contribution in [3.8, 4) is 0 Å². The molecule has 0 heterocycles. The molecule has 0 amide bonds. The minimum atomic E-state index is 0.0764. The number of rotatable bonds is 6. The average Bonchev–Trinajstić information content (AvgIpc) is 2.34. The maximum absolute atomic E-state index is 9.15. The van der Waals surface area contributed by atoms with Gasteiger partial charge in [-0.25, -0.2) is 0 Å². The monoisotopic (exact) mass is 273 g/mol. The molecular weight excluding hydrogens is 254 g/mol. The van der Waals surface area contributed by atoms with Gasteiger partial charge >= 0.3 is 0 Å². The van der Waals surface area contributed by atoms with Gasteiger partial charge in [0.15, 0.2) is 0 Å². The first-order chi connectivity index (χ1) is 8.08. The second-order valence-corrected chi connectivity index (χ2v) is 6.20. The first-order valence-electron chi connectivity index (χ1n) is 5.85. The van der Waals surface area contributed by atoms with Crippen LogP contribution in [0.5, 0.6) is 0 Å². The summed E-state index contributed by atoms with van der Waals surface area (Å²) in [6.07, 6.45) is 0.905. The van der Waals surface area contributed by atoms with E-state index in [1.54, 1.807) is 11.8 Å². The van der Waals surface area contributed by atoms with E-state index < -0.39 is 0 Å². The smallest absolute Gasteiger partial charge is 0.0547 e. The third kappa shape index (κ3) is 4.51. The molecule has 2 nitrogen and oxygen atoms in total. The fourth-order valence-corrected chi connectivity index (χ4v) is 3.10. The summed E-state index contributed by atoms with van der Waals surface area (Å²) in [5.41, 5.74) is 7.29. The SMILES string of the molecule is CCC(N)C(SC(C)CO)c1cccc(Cl)c1. The van der Waals surface area contributed by atoms with Gasteiger partial charge in [-0.3, -0.25) is 0 Å². The fourth-order valence-electron chi connectivity index (χ4n) is 1.62. The summed E-state index contributed by atoms with van der Waals surface area (Å²) < 4.78 is 0. The lowest BCUT2D eigenvalue weighted by Crippen LogP contribution is -2.27. The summed E-state index contributed by atoms with van der Waals surface area (Å²) in [5.74, 6) is 0. The molecule has 0 radical (unpaired) electrons. The second-order valence-electron chi connectivity index (χ2n) is 4.18. The summed E-state index contributed by atoms with van der Waals surface area (Å²) in [5, 5.41) is 10.2. The number of thioether (sulfide) groups is 1. The van der Waals surface area contributed by atoms with E-state index in [0.29, 0.717) is 0 Å². The van der Waals surface area contributed by atoms with Crippen molar-refractivity contribution in [2.75, 3.05) is 6.61 Å². The van der Waals surface area contributed by atoms with Gasteiger partial charge in [0.25, 0.3) is 0 Å². The van der Waals surface area contributed by atoms with Crippen LogP contribution in [0, 0.1) is 0 Å². The molecule has 1 rings (SSSR count). The van der Waals surface area contributed by atoms with Gasteiger partial charge in [-0.1, -0.05) is 37.6 Å². The normalized spacial score (nSPS) is 16.5. The van der Waals surface area contributed by atoms with Crippen LogP contribution >= 0.6 is 23.4 Å². The van der Waals surface area contributed by atoms with Crippen LogP contribution in [0.3, 0.4) is 0 Å². The molecule has 0 fully saturated rings. The highest BCUT2D eigenvalue weighted by Crippen LogP contribution is 2.36. The third-order valence-corrected chi connectivity index (χ3v) is 4.44. The van der Waals surface area contributed by atoms with Crippen molar-refractivity contribution in [2.45, 2.75) is 36.8 Å². The van der Waals surface area contributed by atoms with Crippen molar-refractivity contribution in [3.63, 3.8) is 0 Å². The van der Waals surface area contributed by atoms with Gasteiger partial charge in [0.1, 0.15) is 0 Å². The maximum Gasteiger partial charge on any atom is 0.0547 e. The molecule has 0 aromatic heterocycles. The zero-order chi connectivity index (χ0) is 12.8. The van der Waals surface area contributed by atoms with Gasteiger partial charge < -0.3 is 10.8 Å². The Morgan fingerprint density at radius 3 is 2.71 bits per heavy atom. The molecule has 1 aromatic carbocycles. The number of nitrogens with two attached hydrogens (primary N) is 1. The molecule has 0 aliphatic rings. The molecule has 0 bridgehead atoms. The molecule has 3 unspecified atom stereocenters. The zero-order valence-electron chi connectivity index (χ0n) is 10.3. The van der Waals surface area contributed by atoms with Gasteiger partial charge in [0.2, 0.25) is 0 Å². The Bertz CT molecular complexity index is 348. The highest BCUT2D eigenvalue weighted by atomic mass is 35.5. The summed E-state index contributed by atoms with van der Waals surface area (Å²) in [6.45, 7) is 4.25. The summed E-state index contributed by atoms with van der Waals surface area (Å²) in [7, 11) is 0. The van der Waals surface area contributed by atoms with E-state index in [0.717, 1.165) is 17.0 Å². The predicted molar refractivity (Wildman–Crippen MR) is 76.6 cm³/mol. The van der Waals surface area contributed by atoms with Crippen molar-refractivity contribution in [3.05, 3.63) is 34.9 Å². The van der Waals surface area contributed by atoms with Gasteiger partial charge in [0.05, 0.1) is 6.61 Å². The molecule has 0 saturated heterocycles. The summed E-state index contributed by atoms with van der Waals surface area (Å²) >= 11 is 7.71. The number of hydrogen-bond donors (Lipinski definition) is 2. The Kier molecular flexibility index (Phi) is 6.34. The minimum absolute atomic E-state index is 0.0764. The lowest BCUT2D eigenvalue weighted by molar-refractivity contribution is 0.299. The van der Waals surface area contributed by atoms with Crippen LogP contribution in [0.4, 0.5) is 0 Å². The average molecular weight is 274 g/mol. The Labute approximate surface area is 113 Å². The second kappa shape index (κ2) is 7.27. The minimum Gasteiger partial charge on any atom is -0.395 e. The Morgan fingerprint density at radius 1 is 1.47 bits per heavy atom. The molecule has 0 aliphatic carbocycles. The molecule has 3 atom stereocenters. The number of hydrogen-bond acceptors (Lipinski definition) is 3. The number of aliphatic hydroxyl groups is 1. The topological polar surface area (TPSA) is 46.2 Å². The first-order valence-corrected chi connectivity index (χ1v) is 7.18. The highest BCUT2D eigenvalue weighted by molar-refractivity contribution is 8.00. The van der Waals surface area contributed by atoms with Crippen LogP contribution in [0.2, 0.25) is 5.02 Å². The summed E-state index contributed by atoms with van der Waals surface area (Å²) in [6, 6.07) is 7.88. The third-order valence-electron chi connectivity index (χ3n) is 2.67. The standard InChI is InChI=1S/C13H20ClNOS/c1-3-12(15)13(17-9(2)8-16)10-5-4-6-11(14)7-10/h4-7,9,12-13,16H,3,8,15H2,1-2H3. The Hall–Kier alpha value is -0.220. The van der Waals surface area contributed by atoms with E-state index in [4.69, 9.17) is 22.4 Å². The van der Waals surface area contributed by atoms with Crippen LogP contribution in [0.25, 0.3) is 0 Å². The lowest BCUT2D eigenvalue weighted by Gasteiger charge is -2.25. The summed E-state index contributed by atoms with van der Waals surface area (Å²) in [4.78, 5) is 0. The molecule has 1 aromatic rings. The van der Waals surface area contributed by atoms with Crippen molar-refractivity contribution < 1.29 is 5.11 Å². The zero-order valence-corrected chi connectivity index (χ0v) is 11.8. The van der Waals surface area contributed by atoms with Crippen LogP contribution in [0.15, 0.2) is 24.3 Å². The molecule has 4 heteroatoms. The number of aliphatic hydroxyl groups excluding tert-OH is 1. The molecule has 96 valence electrons. The van der Waals surface area contributed by atoms with E-state index in [9.17, 15) is 0 Å². The molecular formula is C13H20ClNOS. The highest BCUT2D eigenvalue weighted by Gasteiger charge is 2.21. The lowest BCUT2D eigenvalue weighted by atomic mass is 10.0. The van der Waals surface area contributed by atoms with Crippen molar-refractivity contribution >= 4 is 23.4 Å². The Balaban J connectivity index is 2.89. The van der Waals surface area contributed by atoms with E-state index >= 15 is 0 Å². The molecule has 0 saturated carbocycles. The van der Waals surface area contributed by atoms with Crippen LogP contribution in [-0.2, 0) is 0 Å². The molecule has 0 aliphatic heterocycles. The van der Waals surface area contributed by atoms with E-state index in [1.165, 1.54) is 0 Å². The molecule has 3 N–H and O–H groups in total. The fraction of sp³-hybridized carbons (Fsp3) is 0.538. The Morgan fingerprint density at radius 2 is 2.18 bits per heavy atom.